The summed E-state index contributed by atoms with van der Waals surface area (Å²) in [6.07, 6.45) is 6.57. The summed E-state index contributed by atoms with van der Waals surface area (Å²) >= 11 is 0. The Morgan fingerprint density at radius 3 is 2.71 bits per heavy atom. The zero-order chi connectivity index (χ0) is 12.7. The quantitative estimate of drug-likeness (QED) is 0.460. The van der Waals surface area contributed by atoms with Crippen molar-refractivity contribution in [2.45, 2.75) is 45.1 Å². The van der Waals surface area contributed by atoms with Gasteiger partial charge in [-0.15, -0.1) is 0 Å². The summed E-state index contributed by atoms with van der Waals surface area (Å²) in [4.78, 5) is 23.6. The van der Waals surface area contributed by atoms with E-state index >= 15 is 0 Å². The van der Waals surface area contributed by atoms with Gasteiger partial charge in [-0.25, -0.2) is 4.79 Å². The Hall–Kier alpha value is -1.16. The fourth-order valence-electron chi connectivity index (χ4n) is 2.44. The minimum atomic E-state index is -1.58. The first-order valence-corrected chi connectivity index (χ1v) is 6.08. The van der Waals surface area contributed by atoms with E-state index in [0.717, 1.165) is 19.3 Å². The van der Waals surface area contributed by atoms with Gasteiger partial charge in [0.1, 0.15) is 0 Å². The molecule has 2 aliphatic carbocycles. The summed E-state index contributed by atoms with van der Waals surface area (Å²) < 4.78 is 4.83. The van der Waals surface area contributed by atoms with Crippen LogP contribution in [-0.4, -0.2) is 22.6 Å². The number of carbonyl (C=O) groups excluding carboxylic acids is 2. The number of fused-ring (bicyclic) bond motifs is 2. The highest BCUT2D eigenvalue weighted by Gasteiger charge is 2.49. The second kappa shape index (κ2) is 3.95. The molecule has 4 heteroatoms. The van der Waals surface area contributed by atoms with E-state index in [-0.39, 0.29) is 6.42 Å². The monoisotopic (exact) mass is 238 g/mol. The molecule has 4 nitrogen and oxygen atoms in total. The lowest BCUT2D eigenvalue weighted by atomic mass is 9.88. The minimum absolute atomic E-state index is 0.227. The van der Waals surface area contributed by atoms with Crippen LogP contribution in [0.1, 0.15) is 39.5 Å². The average molecular weight is 238 g/mol. The molecule has 1 fully saturated rings. The standard InChI is InChI=1S/C13H18O4/c1-3-12(2,16)10(14)17-11(15)13-6-4-9(8-13)5-7-13/h4,6,9,16H,3,5,7-8H2,1-2H3. The number of hydrogen-bond donors (Lipinski definition) is 1. The second-order valence-corrected chi connectivity index (χ2v) is 5.32. The molecule has 0 aromatic heterocycles. The van der Waals surface area contributed by atoms with Crippen molar-refractivity contribution in [3.8, 4) is 0 Å². The zero-order valence-corrected chi connectivity index (χ0v) is 10.2. The van der Waals surface area contributed by atoms with E-state index in [0.29, 0.717) is 5.92 Å². The largest absolute Gasteiger partial charge is 0.390 e. The van der Waals surface area contributed by atoms with E-state index in [1.165, 1.54) is 6.92 Å². The van der Waals surface area contributed by atoms with Crippen LogP contribution < -0.4 is 0 Å². The number of hydrogen-bond acceptors (Lipinski definition) is 4. The summed E-state index contributed by atoms with van der Waals surface area (Å²) in [7, 11) is 0. The fourth-order valence-corrected chi connectivity index (χ4v) is 2.44. The smallest absolute Gasteiger partial charge is 0.345 e. The molecule has 1 N–H and O–H groups in total. The Morgan fingerprint density at radius 2 is 2.29 bits per heavy atom. The third kappa shape index (κ3) is 2.02. The van der Waals surface area contributed by atoms with E-state index in [9.17, 15) is 14.7 Å². The molecule has 0 aliphatic heterocycles. The molecule has 2 rings (SSSR count). The highest BCUT2D eigenvalue weighted by Crippen LogP contribution is 2.49. The molecular weight excluding hydrogens is 220 g/mol. The normalized spacial score (nSPS) is 33.5. The Bertz CT molecular complexity index is 383. The number of ether oxygens (including phenoxy) is 1. The highest BCUT2D eigenvalue weighted by atomic mass is 16.6. The SMILES string of the molecule is CCC(C)(O)C(=O)OC(=O)C12C=CC(CC1)C2. The molecule has 2 aliphatic rings. The summed E-state index contributed by atoms with van der Waals surface area (Å²) in [6, 6.07) is 0. The molecule has 1 saturated carbocycles. The van der Waals surface area contributed by atoms with Gasteiger partial charge in [0.05, 0.1) is 5.41 Å². The van der Waals surface area contributed by atoms with Gasteiger partial charge in [-0.2, -0.15) is 0 Å². The molecule has 0 spiro atoms. The van der Waals surface area contributed by atoms with Crippen LogP contribution >= 0.6 is 0 Å². The summed E-state index contributed by atoms with van der Waals surface area (Å²) in [5.74, 6) is -0.903. The van der Waals surface area contributed by atoms with Crippen molar-refractivity contribution < 1.29 is 19.4 Å². The molecule has 17 heavy (non-hydrogen) atoms. The number of allylic oxidation sites excluding steroid dienone is 1. The topological polar surface area (TPSA) is 63.6 Å². The maximum atomic E-state index is 12.0. The lowest BCUT2D eigenvalue weighted by Gasteiger charge is -2.24. The lowest BCUT2D eigenvalue weighted by Crippen LogP contribution is -2.40. The van der Waals surface area contributed by atoms with Crippen LogP contribution in [0.4, 0.5) is 0 Å². The Labute approximate surface area is 101 Å². The van der Waals surface area contributed by atoms with E-state index in [1.54, 1.807) is 6.92 Å². The van der Waals surface area contributed by atoms with Gasteiger partial charge in [0.2, 0.25) is 0 Å². The first-order valence-electron chi connectivity index (χ1n) is 6.08. The van der Waals surface area contributed by atoms with Gasteiger partial charge in [-0.3, -0.25) is 4.79 Å². The third-order valence-corrected chi connectivity index (χ3v) is 4.00. The van der Waals surface area contributed by atoms with Crippen molar-refractivity contribution in [1.82, 2.24) is 0 Å². The van der Waals surface area contributed by atoms with Crippen LogP contribution in [0.25, 0.3) is 0 Å². The zero-order valence-electron chi connectivity index (χ0n) is 10.2. The highest BCUT2D eigenvalue weighted by molar-refractivity contribution is 5.93. The van der Waals surface area contributed by atoms with Gasteiger partial charge in [0.25, 0.3) is 0 Å². The molecular formula is C13H18O4. The van der Waals surface area contributed by atoms with Crippen LogP contribution in [0.15, 0.2) is 12.2 Å². The van der Waals surface area contributed by atoms with Crippen molar-refractivity contribution in [1.29, 1.82) is 0 Å². The van der Waals surface area contributed by atoms with Gasteiger partial charge in [-0.1, -0.05) is 19.1 Å². The van der Waals surface area contributed by atoms with E-state index in [2.05, 4.69) is 0 Å². The van der Waals surface area contributed by atoms with Gasteiger partial charge in [0, 0.05) is 0 Å². The van der Waals surface area contributed by atoms with Crippen LogP contribution in [-0.2, 0) is 14.3 Å². The first kappa shape index (κ1) is 12.3. The Balaban J connectivity index is 2.03. The van der Waals surface area contributed by atoms with Gasteiger partial charge >= 0.3 is 11.9 Å². The molecule has 0 amide bonds. The predicted octanol–water partition coefficient (Wildman–Crippen LogP) is 1.57. The molecule has 3 unspecified atom stereocenters. The van der Waals surface area contributed by atoms with Crippen molar-refractivity contribution in [2.75, 3.05) is 0 Å². The van der Waals surface area contributed by atoms with Crippen LogP contribution in [0.2, 0.25) is 0 Å². The molecule has 94 valence electrons. The van der Waals surface area contributed by atoms with Crippen molar-refractivity contribution in [3.05, 3.63) is 12.2 Å². The number of esters is 2. The van der Waals surface area contributed by atoms with Crippen LogP contribution in [0.3, 0.4) is 0 Å². The maximum Gasteiger partial charge on any atom is 0.345 e. The second-order valence-electron chi connectivity index (χ2n) is 5.32. The van der Waals surface area contributed by atoms with Gasteiger partial charge in [0.15, 0.2) is 5.60 Å². The molecule has 3 atom stereocenters. The van der Waals surface area contributed by atoms with Crippen LogP contribution in [0, 0.1) is 11.3 Å². The van der Waals surface area contributed by atoms with Crippen molar-refractivity contribution in [2.24, 2.45) is 11.3 Å². The van der Waals surface area contributed by atoms with Crippen molar-refractivity contribution >= 4 is 11.9 Å². The summed E-state index contributed by atoms with van der Waals surface area (Å²) in [5, 5.41) is 9.71. The molecule has 0 heterocycles. The molecule has 0 aromatic rings. The van der Waals surface area contributed by atoms with E-state index < -0.39 is 23.0 Å². The van der Waals surface area contributed by atoms with E-state index in [4.69, 9.17) is 4.74 Å². The molecule has 0 radical (unpaired) electrons. The van der Waals surface area contributed by atoms with E-state index in [1.807, 2.05) is 12.2 Å². The van der Waals surface area contributed by atoms with Crippen molar-refractivity contribution in [3.63, 3.8) is 0 Å². The van der Waals surface area contributed by atoms with Gasteiger partial charge < -0.3 is 9.84 Å². The summed E-state index contributed by atoms with van der Waals surface area (Å²) in [5.41, 5.74) is -2.18. The molecule has 0 aromatic carbocycles. The lowest BCUT2D eigenvalue weighted by molar-refractivity contribution is -0.177. The minimum Gasteiger partial charge on any atom is -0.390 e. The van der Waals surface area contributed by atoms with Gasteiger partial charge in [-0.05, 0) is 38.5 Å². The third-order valence-electron chi connectivity index (χ3n) is 4.00. The Morgan fingerprint density at radius 1 is 1.59 bits per heavy atom. The number of carbonyl (C=O) groups is 2. The number of aliphatic hydroxyl groups is 1. The molecule has 0 saturated heterocycles. The predicted molar refractivity (Wildman–Crippen MR) is 60.9 cm³/mol. The van der Waals surface area contributed by atoms with Crippen LogP contribution in [0.5, 0.6) is 0 Å². The summed E-state index contributed by atoms with van der Waals surface area (Å²) in [6.45, 7) is 3.04. The molecule has 2 bridgehead atoms. The fraction of sp³-hybridized carbons (Fsp3) is 0.692. The maximum absolute atomic E-state index is 12.0. The Kier molecular flexibility index (Phi) is 2.86. The number of rotatable bonds is 3. The first-order chi connectivity index (χ1) is 7.89. The average Bonchev–Trinajstić information content (AvgIpc) is 2.90.